The van der Waals surface area contributed by atoms with Crippen molar-refractivity contribution in [3.05, 3.63) is 303 Å². The van der Waals surface area contributed by atoms with E-state index in [1.165, 1.54) is 106 Å². The highest BCUT2D eigenvalue weighted by Crippen LogP contribution is 2.61. The Labute approximate surface area is 459 Å². The van der Waals surface area contributed by atoms with Gasteiger partial charge in [-0.15, -0.1) is 0 Å². The molecule has 10 aromatic carbocycles. The summed E-state index contributed by atoms with van der Waals surface area (Å²) >= 11 is 0. The molecule has 2 aliphatic carbocycles. The lowest BCUT2D eigenvalue weighted by molar-refractivity contribution is 0.588. The summed E-state index contributed by atoms with van der Waals surface area (Å²) in [7, 11) is 0. The molecule has 77 heavy (non-hydrogen) atoms. The van der Waals surface area contributed by atoms with Gasteiger partial charge >= 0.3 is 0 Å². The van der Waals surface area contributed by atoms with Crippen molar-refractivity contribution in [2.75, 3.05) is 4.90 Å². The lowest BCUT2D eigenvalue weighted by atomic mass is 9.67. The standard InChI is InChI=1S/C76H71N/c1-50-46-51(2)48-53(47-50)52-28-42-61(43-29-52)77(70-27-19-26-68-71(70)65-23-16-18-25-67(65)75(68,57-20-13-12-14-21-57)58-36-30-54(31-37-58)72(3,4)5)62-44-45-64-63-22-15-17-24-66(63)76(69(64)49-62,59-38-32-55(33-39-59)73(6,7)8)60-40-34-56(35-41-60)74(9,10)11/h12-49H,1-11H3. The third kappa shape index (κ3) is 8.12. The first-order valence-electron chi connectivity index (χ1n) is 27.7. The molecule has 1 atom stereocenters. The molecule has 0 saturated carbocycles. The highest BCUT2D eigenvalue weighted by Gasteiger charge is 2.49. The van der Waals surface area contributed by atoms with Crippen LogP contribution in [0.3, 0.4) is 0 Å². The number of rotatable bonds is 8. The van der Waals surface area contributed by atoms with Crippen LogP contribution in [0.15, 0.2) is 231 Å². The fraction of sp³-hybridized carbons (Fsp3) is 0.211. The Kier molecular flexibility index (Phi) is 11.9. The average molecular weight is 998 g/mol. The van der Waals surface area contributed by atoms with Crippen molar-refractivity contribution in [2.24, 2.45) is 0 Å². The van der Waals surface area contributed by atoms with E-state index in [2.05, 4.69) is 312 Å². The SMILES string of the molecule is Cc1cc(C)cc(-c2ccc(N(c3ccc4c(c3)C(c3ccc(C(C)(C)C)cc3)(c3ccc(C(C)(C)C)cc3)c3ccccc3-4)c3cccc4c3-c3ccccc3C4(c3ccccc3)c3ccc(C(C)(C)C)cc3)cc2)c1. The Morgan fingerprint density at radius 1 is 0.299 bits per heavy atom. The topological polar surface area (TPSA) is 3.24 Å². The number of aryl methyl sites for hydroxylation is 2. The Hall–Kier alpha value is -8.00. The molecular formula is C76H71N. The quantitative estimate of drug-likeness (QED) is 0.147. The van der Waals surface area contributed by atoms with Gasteiger partial charge in [-0.2, -0.15) is 0 Å². The third-order valence-electron chi connectivity index (χ3n) is 17.0. The summed E-state index contributed by atoms with van der Waals surface area (Å²) in [5, 5.41) is 0. The second kappa shape index (κ2) is 18.3. The van der Waals surface area contributed by atoms with Gasteiger partial charge in [0, 0.05) is 16.9 Å². The minimum atomic E-state index is -0.611. The second-order valence-corrected chi connectivity index (χ2v) is 25.1. The summed E-state index contributed by atoms with van der Waals surface area (Å²) in [5.74, 6) is 0. The molecule has 0 saturated heterocycles. The maximum Gasteiger partial charge on any atom is 0.0714 e. The molecule has 1 heteroatoms. The first-order valence-corrected chi connectivity index (χ1v) is 27.7. The van der Waals surface area contributed by atoms with Gasteiger partial charge in [0.25, 0.3) is 0 Å². The monoisotopic (exact) mass is 998 g/mol. The first-order chi connectivity index (χ1) is 36.9. The molecule has 0 bridgehead atoms. The Bertz CT molecular complexity index is 3760. The van der Waals surface area contributed by atoms with E-state index in [9.17, 15) is 0 Å². The summed E-state index contributed by atoms with van der Waals surface area (Å²) < 4.78 is 0. The Morgan fingerprint density at radius 3 is 1.23 bits per heavy atom. The van der Waals surface area contributed by atoms with Crippen LogP contribution in [0.4, 0.5) is 17.1 Å². The van der Waals surface area contributed by atoms with E-state index in [-0.39, 0.29) is 16.2 Å². The van der Waals surface area contributed by atoms with Crippen LogP contribution in [0, 0.1) is 13.8 Å². The van der Waals surface area contributed by atoms with E-state index in [0.717, 1.165) is 17.1 Å². The molecule has 380 valence electrons. The van der Waals surface area contributed by atoms with Crippen LogP contribution in [-0.4, -0.2) is 0 Å². The molecule has 0 radical (unpaired) electrons. The minimum Gasteiger partial charge on any atom is -0.310 e. The summed E-state index contributed by atoms with van der Waals surface area (Å²) in [5.41, 5.74) is 26.4. The van der Waals surface area contributed by atoms with Gasteiger partial charge in [0.15, 0.2) is 0 Å². The molecule has 0 spiro atoms. The molecule has 10 aromatic rings. The van der Waals surface area contributed by atoms with Gasteiger partial charge < -0.3 is 4.90 Å². The molecule has 0 N–H and O–H groups in total. The van der Waals surface area contributed by atoms with Crippen LogP contribution in [-0.2, 0) is 27.1 Å². The third-order valence-corrected chi connectivity index (χ3v) is 17.0. The van der Waals surface area contributed by atoms with Crippen molar-refractivity contribution in [1.29, 1.82) is 0 Å². The summed E-state index contributed by atoms with van der Waals surface area (Å²) in [4.78, 5) is 2.56. The van der Waals surface area contributed by atoms with Gasteiger partial charge in [-0.3, -0.25) is 0 Å². The molecule has 12 rings (SSSR count). The van der Waals surface area contributed by atoms with Crippen LogP contribution in [0.1, 0.15) is 135 Å². The predicted octanol–water partition coefficient (Wildman–Crippen LogP) is 20.1. The Balaban J connectivity index is 1.15. The normalized spacial score (nSPS) is 15.4. The molecule has 0 amide bonds. The molecule has 0 fully saturated rings. The molecule has 1 nitrogen and oxygen atoms in total. The van der Waals surface area contributed by atoms with Gasteiger partial charge in [-0.05, 0) is 149 Å². The predicted molar refractivity (Wildman–Crippen MR) is 327 cm³/mol. The van der Waals surface area contributed by atoms with E-state index < -0.39 is 10.8 Å². The fourth-order valence-electron chi connectivity index (χ4n) is 13.2. The number of hydrogen-bond acceptors (Lipinski definition) is 1. The summed E-state index contributed by atoms with van der Waals surface area (Å²) in [6.07, 6.45) is 0. The molecule has 0 aliphatic heterocycles. The molecule has 0 heterocycles. The van der Waals surface area contributed by atoms with E-state index in [1.54, 1.807) is 0 Å². The first kappa shape index (κ1) is 49.9. The van der Waals surface area contributed by atoms with Gasteiger partial charge in [0.2, 0.25) is 0 Å². The van der Waals surface area contributed by atoms with Gasteiger partial charge in [0.05, 0.1) is 16.5 Å². The van der Waals surface area contributed by atoms with Crippen LogP contribution in [0.25, 0.3) is 33.4 Å². The van der Waals surface area contributed by atoms with E-state index in [4.69, 9.17) is 0 Å². The summed E-state index contributed by atoms with van der Waals surface area (Å²) in [6.45, 7) is 25.2. The fourth-order valence-corrected chi connectivity index (χ4v) is 13.2. The van der Waals surface area contributed by atoms with Crippen LogP contribution >= 0.6 is 0 Å². The Morgan fingerprint density at radius 2 is 0.714 bits per heavy atom. The van der Waals surface area contributed by atoms with Gasteiger partial charge in [0.1, 0.15) is 0 Å². The largest absolute Gasteiger partial charge is 0.310 e. The lowest BCUT2D eigenvalue weighted by Crippen LogP contribution is -2.29. The van der Waals surface area contributed by atoms with E-state index in [0.29, 0.717) is 0 Å². The van der Waals surface area contributed by atoms with Crippen LogP contribution in [0.5, 0.6) is 0 Å². The van der Waals surface area contributed by atoms with Crippen LogP contribution < -0.4 is 4.90 Å². The van der Waals surface area contributed by atoms with E-state index in [1.807, 2.05) is 0 Å². The second-order valence-electron chi connectivity index (χ2n) is 25.1. The zero-order valence-corrected chi connectivity index (χ0v) is 46.9. The maximum atomic E-state index is 2.56. The minimum absolute atomic E-state index is 0.00939. The zero-order valence-electron chi connectivity index (χ0n) is 46.9. The van der Waals surface area contributed by atoms with E-state index >= 15 is 0 Å². The highest BCUT2D eigenvalue weighted by molar-refractivity contribution is 5.98. The number of benzene rings is 10. The number of fused-ring (bicyclic) bond motifs is 6. The smallest absolute Gasteiger partial charge is 0.0714 e. The van der Waals surface area contributed by atoms with Crippen molar-refractivity contribution >= 4 is 17.1 Å². The van der Waals surface area contributed by atoms with Crippen molar-refractivity contribution in [3.63, 3.8) is 0 Å². The number of nitrogens with zero attached hydrogens (tertiary/aromatic N) is 1. The molecular weight excluding hydrogens is 927 g/mol. The van der Waals surface area contributed by atoms with Gasteiger partial charge in [-0.25, -0.2) is 0 Å². The molecule has 0 aromatic heterocycles. The number of hydrogen-bond donors (Lipinski definition) is 0. The molecule has 1 unspecified atom stereocenters. The number of anilines is 3. The average Bonchev–Trinajstić information content (AvgIpc) is 3.95. The summed E-state index contributed by atoms with van der Waals surface area (Å²) in [6, 6.07) is 88.8. The highest BCUT2D eigenvalue weighted by atomic mass is 15.1. The van der Waals surface area contributed by atoms with Crippen molar-refractivity contribution in [2.45, 2.75) is 103 Å². The van der Waals surface area contributed by atoms with Crippen molar-refractivity contribution in [1.82, 2.24) is 0 Å². The zero-order chi connectivity index (χ0) is 53.6. The van der Waals surface area contributed by atoms with Crippen molar-refractivity contribution in [3.8, 4) is 33.4 Å². The van der Waals surface area contributed by atoms with Crippen molar-refractivity contribution < 1.29 is 0 Å². The molecule has 2 aliphatic rings. The van der Waals surface area contributed by atoms with Gasteiger partial charge in [-0.1, -0.05) is 274 Å². The lowest BCUT2D eigenvalue weighted by Gasteiger charge is -2.36. The maximum absolute atomic E-state index is 2.56. The van der Waals surface area contributed by atoms with Crippen LogP contribution in [0.2, 0.25) is 0 Å².